The van der Waals surface area contributed by atoms with Crippen molar-refractivity contribution in [3.05, 3.63) is 89.1 Å². The molecule has 4 aromatic rings. The van der Waals surface area contributed by atoms with Crippen molar-refractivity contribution in [3.8, 4) is 22.9 Å². The number of amides is 1. The first kappa shape index (κ1) is 39.1. The van der Waals surface area contributed by atoms with Gasteiger partial charge >= 0.3 is 24.0 Å². The molecule has 0 aliphatic carbocycles. The summed E-state index contributed by atoms with van der Waals surface area (Å²) in [6, 6.07) is 14.9. The molecule has 0 saturated heterocycles. The highest BCUT2D eigenvalue weighted by atomic mass is 32.1. The highest BCUT2D eigenvalue weighted by molar-refractivity contribution is 7.80. The molecular weight excluding hydrogens is 679 g/mol. The van der Waals surface area contributed by atoms with Gasteiger partial charge in [-0.05, 0) is 31.9 Å². The van der Waals surface area contributed by atoms with Crippen LogP contribution in [0.5, 0.6) is 11.5 Å². The number of esters is 2. The van der Waals surface area contributed by atoms with Gasteiger partial charge in [-0.2, -0.15) is 18.2 Å². The van der Waals surface area contributed by atoms with Crippen LogP contribution < -0.4 is 20.1 Å². The Bertz CT molecular complexity index is 1820. The number of hydrogen-bond acceptors (Lipinski definition) is 11. The van der Waals surface area contributed by atoms with E-state index < -0.39 is 42.1 Å². The number of ether oxygens (including phenoxy) is 3. The molecule has 12 nitrogen and oxygen atoms in total. The Morgan fingerprint density at radius 3 is 2.22 bits per heavy atom. The molecule has 0 fully saturated rings. The van der Waals surface area contributed by atoms with Crippen molar-refractivity contribution in [1.82, 2.24) is 25.8 Å². The summed E-state index contributed by atoms with van der Waals surface area (Å²) in [5.74, 6) is -3.36. The number of alkyl halides is 3. The van der Waals surface area contributed by atoms with Crippen LogP contribution in [-0.2, 0) is 20.5 Å². The predicted octanol–water partition coefficient (Wildman–Crippen LogP) is 5.83. The predicted molar refractivity (Wildman–Crippen MR) is 180 cm³/mol. The second kappa shape index (κ2) is 17.3. The molecule has 0 radical (unpaired) electrons. The SMILES string of the molecule is CNC(=S)c1ccc(-c2noc(C(F)(F)F)n2)cc1.COc1ccnc(C(=O)NC(C)C(=O)OC(C)C(C)c2ccccc2C)c1OC(C)=O. The van der Waals surface area contributed by atoms with E-state index in [4.69, 9.17) is 26.4 Å². The van der Waals surface area contributed by atoms with Gasteiger partial charge in [0.25, 0.3) is 5.91 Å². The first-order chi connectivity index (χ1) is 23.6. The second-order valence-electron chi connectivity index (χ2n) is 10.8. The number of nitrogens with zero attached hydrogens (tertiary/aromatic N) is 3. The number of rotatable bonds is 10. The molecule has 50 heavy (non-hydrogen) atoms. The number of methoxy groups -OCH3 is 1. The molecule has 2 aromatic heterocycles. The highest BCUT2D eigenvalue weighted by Gasteiger charge is 2.38. The van der Waals surface area contributed by atoms with Gasteiger partial charge in [0.05, 0.1) is 7.11 Å². The van der Waals surface area contributed by atoms with Gasteiger partial charge in [-0.25, -0.2) is 9.78 Å². The van der Waals surface area contributed by atoms with E-state index in [-0.39, 0.29) is 28.9 Å². The van der Waals surface area contributed by atoms with Crippen molar-refractivity contribution in [2.24, 2.45) is 0 Å². The van der Waals surface area contributed by atoms with E-state index in [1.165, 1.54) is 33.2 Å². The fourth-order valence-electron chi connectivity index (χ4n) is 4.43. The van der Waals surface area contributed by atoms with Gasteiger partial charge in [0.1, 0.15) is 17.1 Å². The summed E-state index contributed by atoms with van der Waals surface area (Å²) in [5, 5.41) is 8.62. The molecule has 0 saturated carbocycles. The van der Waals surface area contributed by atoms with Crippen molar-refractivity contribution in [3.63, 3.8) is 0 Å². The molecule has 1 amide bonds. The minimum Gasteiger partial charge on any atom is -0.493 e. The maximum Gasteiger partial charge on any atom is 0.471 e. The Kier molecular flexibility index (Phi) is 13.5. The first-order valence-electron chi connectivity index (χ1n) is 15.1. The third-order valence-electron chi connectivity index (χ3n) is 7.24. The Hall–Kier alpha value is -5.38. The largest absolute Gasteiger partial charge is 0.493 e. The topological polar surface area (TPSA) is 155 Å². The van der Waals surface area contributed by atoms with E-state index in [1.807, 2.05) is 45.0 Å². The van der Waals surface area contributed by atoms with Crippen LogP contribution in [0.15, 0.2) is 65.3 Å². The Labute approximate surface area is 291 Å². The van der Waals surface area contributed by atoms with Crippen molar-refractivity contribution < 1.29 is 46.3 Å². The number of carbonyl (C=O) groups is 3. The molecule has 2 heterocycles. The summed E-state index contributed by atoms with van der Waals surface area (Å²) in [7, 11) is 3.06. The van der Waals surface area contributed by atoms with Crippen LogP contribution in [0.1, 0.15) is 66.7 Å². The fraction of sp³-hybridized carbons (Fsp3) is 0.324. The Balaban J connectivity index is 0.000000303. The van der Waals surface area contributed by atoms with Gasteiger partial charge in [0.15, 0.2) is 11.4 Å². The number of hydrogen-bond donors (Lipinski definition) is 2. The van der Waals surface area contributed by atoms with Gasteiger partial charge in [0.2, 0.25) is 11.6 Å². The normalized spacial score (nSPS) is 12.7. The van der Waals surface area contributed by atoms with E-state index in [0.29, 0.717) is 10.6 Å². The lowest BCUT2D eigenvalue weighted by Crippen LogP contribution is -2.41. The molecular formula is C34H36F3N5O7S. The lowest BCUT2D eigenvalue weighted by atomic mass is 9.92. The lowest BCUT2D eigenvalue weighted by Gasteiger charge is -2.24. The van der Waals surface area contributed by atoms with E-state index in [1.54, 1.807) is 31.3 Å². The van der Waals surface area contributed by atoms with Gasteiger partial charge in [-0.1, -0.05) is 72.8 Å². The van der Waals surface area contributed by atoms with Gasteiger partial charge in [0, 0.05) is 43.3 Å². The number of nitrogens with one attached hydrogen (secondary N) is 2. The van der Waals surface area contributed by atoms with Crippen LogP contribution >= 0.6 is 12.2 Å². The molecule has 0 bridgehead atoms. The number of pyridine rings is 1. The third-order valence-corrected chi connectivity index (χ3v) is 7.68. The lowest BCUT2D eigenvalue weighted by molar-refractivity contribution is -0.159. The van der Waals surface area contributed by atoms with Crippen LogP contribution in [0, 0.1) is 6.92 Å². The molecule has 3 atom stereocenters. The van der Waals surface area contributed by atoms with E-state index >= 15 is 0 Å². The Morgan fingerprint density at radius 1 is 1.00 bits per heavy atom. The average molecular weight is 716 g/mol. The van der Waals surface area contributed by atoms with Gasteiger partial charge in [-0.3, -0.25) is 9.59 Å². The van der Waals surface area contributed by atoms with E-state index in [0.717, 1.165) is 16.7 Å². The second-order valence-corrected chi connectivity index (χ2v) is 11.3. The van der Waals surface area contributed by atoms with Crippen molar-refractivity contribution in [1.29, 1.82) is 0 Å². The molecule has 2 aromatic carbocycles. The summed E-state index contributed by atoms with van der Waals surface area (Å²) in [4.78, 5) is 44.5. The van der Waals surface area contributed by atoms with E-state index in [9.17, 15) is 27.6 Å². The van der Waals surface area contributed by atoms with Crippen molar-refractivity contribution >= 4 is 35.1 Å². The number of carbonyl (C=O) groups excluding carboxylic acids is 3. The number of aromatic nitrogens is 3. The van der Waals surface area contributed by atoms with Crippen LogP contribution in [0.25, 0.3) is 11.4 Å². The molecule has 4 rings (SSSR count). The van der Waals surface area contributed by atoms with Crippen LogP contribution in [0.2, 0.25) is 0 Å². The zero-order chi connectivity index (χ0) is 37.2. The average Bonchev–Trinajstić information content (AvgIpc) is 3.59. The smallest absolute Gasteiger partial charge is 0.471 e. The molecule has 2 N–H and O–H groups in total. The minimum absolute atomic E-state index is 0.0244. The summed E-state index contributed by atoms with van der Waals surface area (Å²) in [6.45, 7) is 8.51. The van der Waals surface area contributed by atoms with Crippen LogP contribution in [-0.4, -0.2) is 64.3 Å². The summed E-state index contributed by atoms with van der Waals surface area (Å²) in [5.41, 5.74) is 3.20. The monoisotopic (exact) mass is 715 g/mol. The molecule has 0 aliphatic heterocycles. The van der Waals surface area contributed by atoms with E-state index in [2.05, 4.69) is 30.3 Å². The van der Waals surface area contributed by atoms with Crippen LogP contribution in [0.3, 0.4) is 0 Å². The molecule has 0 aliphatic rings. The maximum atomic E-state index is 12.7. The zero-order valence-corrected chi connectivity index (χ0v) is 29.1. The maximum absolute atomic E-state index is 12.7. The standard InChI is InChI=1S/C23H28N2O6.C11H8F3N3OS/c1-13-9-7-8-10-18(13)14(2)16(4)30-23(28)15(3)25-22(27)20-21(31-17(5)26)19(29-6)11-12-24-20;1-15-9(19)7-4-2-6(3-5-7)8-16-10(18-17-8)11(12,13)14/h7-12,14-16H,1-6H3,(H,25,27);2-5H,1H3,(H,15,19). The Morgan fingerprint density at radius 2 is 1.66 bits per heavy atom. The highest BCUT2D eigenvalue weighted by Crippen LogP contribution is 2.31. The van der Waals surface area contributed by atoms with Gasteiger partial charge < -0.3 is 29.4 Å². The van der Waals surface area contributed by atoms with Crippen molar-refractivity contribution in [2.45, 2.75) is 58.9 Å². The summed E-state index contributed by atoms with van der Waals surface area (Å²) >= 11 is 5.03. The fourth-order valence-corrected chi connectivity index (χ4v) is 4.56. The molecule has 16 heteroatoms. The summed E-state index contributed by atoms with van der Waals surface area (Å²) < 4.78 is 56.9. The first-order valence-corrected chi connectivity index (χ1v) is 15.5. The number of thiocarbonyl (C=S) groups is 1. The summed E-state index contributed by atoms with van der Waals surface area (Å²) in [6.07, 6.45) is -3.70. The van der Waals surface area contributed by atoms with Crippen LogP contribution in [0.4, 0.5) is 13.2 Å². The quantitative estimate of drug-likeness (QED) is 0.150. The zero-order valence-electron chi connectivity index (χ0n) is 28.2. The van der Waals surface area contributed by atoms with Gasteiger partial charge in [-0.15, -0.1) is 0 Å². The molecule has 0 spiro atoms. The van der Waals surface area contributed by atoms with Crippen molar-refractivity contribution in [2.75, 3.05) is 14.2 Å². The molecule has 266 valence electrons. The minimum atomic E-state index is -4.64. The number of aryl methyl sites for hydroxylation is 1. The number of benzene rings is 2. The third kappa shape index (κ3) is 10.3. The molecule has 3 unspecified atom stereocenters. The number of halogens is 3.